The van der Waals surface area contributed by atoms with Gasteiger partial charge in [-0.2, -0.15) is 0 Å². The first-order chi connectivity index (χ1) is 11.7. The molecular formula is C19H26N4O. The molecule has 0 aliphatic carbocycles. The van der Waals surface area contributed by atoms with Crippen molar-refractivity contribution in [1.29, 1.82) is 0 Å². The van der Waals surface area contributed by atoms with Crippen LogP contribution in [0.15, 0.2) is 36.7 Å². The fourth-order valence-corrected chi connectivity index (χ4v) is 3.19. The van der Waals surface area contributed by atoms with Crippen LogP contribution in [0.2, 0.25) is 0 Å². The van der Waals surface area contributed by atoms with E-state index < -0.39 is 0 Å². The zero-order chi connectivity index (χ0) is 16.9. The van der Waals surface area contributed by atoms with Crippen molar-refractivity contribution in [2.24, 2.45) is 0 Å². The average molecular weight is 326 g/mol. The van der Waals surface area contributed by atoms with Gasteiger partial charge in [-0.3, -0.25) is 4.79 Å². The third kappa shape index (κ3) is 3.85. The van der Waals surface area contributed by atoms with Crippen molar-refractivity contribution in [3.8, 4) is 0 Å². The largest absolute Gasteiger partial charge is 0.333 e. The molecule has 1 aromatic heterocycles. The summed E-state index contributed by atoms with van der Waals surface area (Å²) < 4.78 is 2.21. The molecule has 5 heteroatoms. The zero-order valence-corrected chi connectivity index (χ0v) is 14.5. The zero-order valence-electron chi connectivity index (χ0n) is 14.5. The Labute approximate surface area is 143 Å². The summed E-state index contributed by atoms with van der Waals surface area (Å²) in [6.45, 7) is 6.91. The topological polar surface area (TPSA) is 50.2 Å². The summed E-state index contributed by atoms with van der Waals surface area (Å²) in [6.07, 6.45) is 6.50. The van der Waals surface area contributed by atoms with Gasteiger partial charge in [0.25, 0.3) is 0 Å². The van der Waals surface area contributed by atoms with Crippen LogP contribution >= 0.6 is 0 Å². The molecule has 5 nitrogen and oxygen atoms in total. The number of anilines is 1. The second-order valence-corrected chi connectivity index (χ2v) is 6.45. The minimum Gasteiger partial charge on any atom is -0.333 e. The monoisotopic (exact) mass is 326 g/mol. The van der Waals surface area contributed by atoms with Gasteiger partial charge >= 0.3 is 0 Å². The van der Waals surface area contributed by atoms with Crippen LogP contribution in [0.4, 0.5) is 5.69 Å². The summed E-state index contributed by atoms with van der Waals surface area (Å²) in [7, 11) is 0. The molecular weight excluding hydrogens is 300 g/mol. The van der Waals surface area contributed by atoms with Crippen molar-refractivity contribution in [1.82, 2.24) is 14.9 Å². The van der Waals surface area contributed by atoms with Crippen LogP contribution in [0.1, 0.15) is 38.1 Å². The lowest BCUT2D eigenvalue weighted by Crippen LogP contribution is -2.30. The Morgan fingerprint density at radius 2 is 2.08 bits per heavy atom. The molecule has 0 spiro atoms. The molecule has 1 aliphatic heterocycles. The molecule has 0 saturated carbocycles. The number of hydrogen-bond donors (Lipinski definition) is 1. The van der Waals surface area contributed by atoms with Gasteiger partial charge < -0.3 is 14.8 Å². The van der Waals surface area contributed by atoms with E-state index in [1.165, 1.54) is 5.56 Å². The Kier molecular flexibility index (Phi) is 5.30. The summed E-state index contributed by atoms with van der Waals surface area (Å²) >= 11 is 0. The first-order valence-electron chi connectivity index (χ1n) is 8.80. The molecule has 1 fully saturated rings. The van der Waals surface area contributed by atoms with Gasteiger partial charge in [-0.05, 0) is 31.0 Å². The Hall–Kier alpha value is -2.14. The van der Waals surface area contributed by atoms with Crippen molar-refractivity contribution < 1.29 is 4.79 Å². The number of amides is 1. The first-order valence-corrected chi connectivity index (χ1v) is 8.80. The number of carbonyl (C=O) groups is 1. The lowest BCUT2D eigenvalue weighted by Gasteiger charge is -2.18. The predicted octanol–water partition coefficient (Wildman–Crippen LogP) is 2.75. The number of benzene rings is 1. The first kappa shape index (κ1) is 16.7. The van der Waals surface area contributed by atoms with Gasteiger partial charge in [-0.15, -0.1) is 0 Å². The van der Waals surface area contributed by atoms with Crippen LogP contribution < -0.4 is 10.2 Å². The maximum absolute atomic E-state index is 11.8. The molecule has 3 rings (SSSR count). The van der Waals surface area contributed by atoms with E-state index in [9.17, 15) is 4.79 Å². The second kappa shape index (κ2) is 7.62. The molecule has 1 aromatic carbocycles. The molecule has 1 saturated heterocycles. The van der Waals surface area contributed by atoms with Crippen molar-refractivity contribution in [2.75, 3.05) is 11.4 Å². The van der Waals surface area contributed by atoms with Gasteiger partial charge in [0, 0.05) is 56.6 Å². The van der Waals surface area contributed by atoms with Crippen LogP contribution in [0.25, 0.3) is 0 Å². The van der Waals surface area contributed by atoms with Gasteiger partial charge in [-0.25, -0.2) is 4.98 Å². The van der Waals surface area contributed by atoms with E-state index in [4.69, 9.17) is 0 Å². The lowest BCUT2D eigenvalue weighted by molar-refractivity contribution is -0.117. The summed E-state index contributed by atoms with van der Waals surface area (Å²) in [6, 6.07) is 8.68. The van der Waals surface area contributed by atoms with E-state index in [0.29, 0.717) is 12.5 Å². The van der Waals surface area contributed by atoms with E-state index in [-0.39, 0.29) is 5.91 Å². The summed E-state index contributed by atoms with van der Waals surface area (Å²) in [5.41, 5.74) is 2.25. The van der Waals surface area contributed by atoms with Gasteiger partial charge in [-0.1, -0.05) is 19.1 Å². The number of nitrogens with one attached hydrogen (secondary N) is 1. The molecule has 1 aliphatic rings. The quantitative estimate of drug-likeness (QED) is 0.851. The van der Waals surface area contributed by atoms with Crippen LogP contribution in [0, 0.1) is 0 Å². The van der Waals surface area contributed by atoms with E-state index in [1.54, 1.807) is 0 Å². The third-order valence-corrected chi connectivity index (χ3v) is 4.56. The lowest BCUT2D eigenvalue weighted by atomic mass is 10.2. The van der Waals surface area contributed by atoms with Crippen molar-refractivity contribution >= 4 is 11.6 Å². The molecule has 24 heavy (non-hydrogen) atoms. The normalized spacial score (nSPS) is 15.9. The van der Waals surface area contributed by atoms with Crippen molar-refractivity contribution in [3.05, 3.63) is 48.0 Å². The number of nitrogens with zero attached hydrogens (tertiary/aromatic N) is 3. The molecule has 0 bridgehead atoms. The highest BCUT2D eigenvalue weighted by atomic mass is 16.2. The Bertz CT molecular complexity index is 677. The molecule has 0 radical (unpaired) electrons. The molecule has 2 heterocycles. The second-order valence-electron chi connectivity index (χ2n) is 6.45. The van der Waals surface area contributed by atoms with Gasteiger partial charge in [0.2, 0.25) is 5.91 Å². The van der Waals surface area contributed by atoms with Crippen LogP contribution in [-0.2, 0) is 24.3 Å². The third-order valence-electron chi connectivity index (χ3n) is 4.56. The van der Waals surface area contributed by atoms with E-state index in [1.807, 2.05) is 17.3 Å². The summed E-state index contributed by atoms with van der Waals surface area (Å²) in [5, 5.41) is 3.56. The number of hydrogen-bond acceptors (Lipinski definition) is 3. The number of aromatic nitrogens is 2. The maximum atomic E-state index is 11.8. The highest BCUT2D eigenvalue weighted by molar-refractivity contribution is 5.95. The Morgan fingerprint density at radius 3 is 2.75 bits per heavy atom. The number of carbonyl (C=O) groups excluding carboxylic acids is 1. The highest BCUT2D eigenvalue weighted by Gasteiger charge is 2.21. The van der Waals surface area contributed by atoms with Crippen LogP contribution in [-0.4, -0.2) is 28.0 Å². The molecule has 1 N–H and O–H groups in total. The SMILES string of the molecule is CCc1nccn1CC(C)NCc1ccc(N2CCCC2=O)cc1. The molecule has 1 unspecified atom stereocenters. The number of aryl methyl sites for hydroxylation is 1. The van der Waals surface area contributed by atoms with Crippen LogP contribution in [0.5, 0.6) is 0 Å². The Morgan fingerprint density at radius 1 is 1.29 bits per heavy atom. The fraction of sp³-hybridized carbons (Fsp3) is 0.474. The van der Waals surface area contributed by atoms with Gasteiger partial charge in [0.1, 0.15) is 5.82 Å². The highest BCUT2D eigenvalue weighted by Crippen LogP contribution is 2.21. The summed E-state index contributed by atoms with van der Waals surface area (Å²) in [4.78, 5) is 18.0. The van der Waals surface area contributed by atoms with Crippen molar-refractivity contribution in [3.63, 3.8) is 0 Å². The summed E-state index contributed by atoms with van der Waals surface area (Å²) in [5.74, 6) is 1.37. The fourth-order valence-electron chi connectivity index (χ4n) is 3.19. The van der Waals surface area contributed by atoms with Crippen LogP contribution in [0.3, 0.4) is 0 Å². The van der Waals surface area contributed by atoms with Gasteiger partial charge in [0.05, 0.1) is 0 Å². The Balaban J connectivity index is 1.52. The van der Waals surface area contributed by atoms with E-state index in [0.717, 1.165) is 44.0 Å². The van der Waals surface area contributed by atoms with E-state index >= 15 is 0 Å². The smallest absolute Gasteiger partial charge is 0.227 e. The number of imidazole rings is 1. The molecule has 128 valence electrons. The molecule has 1 amide bonds. The molecule has 2 aromatic rings. The van der Waals surface area contributed by atoms with Gasteiger partial charge in [0.15, 0.2) is 0 Å². The minimum atomic E-state index is 0.238. The standard InChI is InChI=1S/C19H26N4O/c1-3-18-20-10-12-22(18)14-15(2)21-13-16-6-8-17(9-7-16)23-11-4-5-19(23)24/h6-10,12,15,21H,3-5,11,13-14H2,1-2H3. The molecule has 1 atom stereocenters. The van der Waals surface area contributed by atoms with E-state index in [2.05, 4.69) is 53.0 Å². The number of rotatable bonds is 7. The average Bonchev–Trinajstić information content (AvgIpc) is 3.22. The maximum Gasteiger partial charge on any atom is 0.227 e. The minimum absolute atomic E-state index is 0.238. The van der Waals surface area contributed by atoms with Crippen molar-refractivity contribution in [2.45, 2.75) is 52.2 Å². The predicted molar refractivity (Wildman–Crippen MR) is 95.9 cm³/mol.